The molecule has 0 bridgehead atoms. The highest BCUT2D eigenvalue weighted by atomic mass is 16.7. The van der Waals surface area contributed by atoms with Gasteiger partial charge in [-0.15, -0.1) is 0 Å². The Balaban J connectivity index is 1.90. The maximum Gasteiger partial charge on any atom is 0.233 e. The van der Waals surface area contributed by atoms with Crippen LogP contribution in [0.25, 0.3) is 0 Å². The molecule has 2 fully saturated rings. The fourth-order valence-electron chi connectivity index (χ4n) is 2.19. The molecule has 0 unspecified atom stereocenters. The molecular weight excluding hydrogens is 198 g/mol. The maximum absolute atomic E-state index is 10.1. The van der Waals surface area contributed by atoms with Crippen molar-refractivity contribution < 1.29 is 14.4 Å². The van der Waals surface area contributed by atoms with Crippen LogP contribution in [0, 0.1) is 10.1 Å². The third-order valence-corrected chi connectivity index (χ3v) is 2.91. The molecule has 1 atom stereocenters. The number of nitrogens with zero attached hydrogens (tertiary/aromatic N) is 1. The molecular formula is C10H15NO4. The fourth-order valence-corrected chi connectivity index (χ4v) is 2.19. The van der Waals surface area contributed by atoms with Crippen molar-refractivity contribution in [1.29, 1.82) is 0 Å². The van der Waals surface area contributed by atoms with E-state index in [0.717, 1.165) is 31.9 Å². The molecule has 5 heteroatoms. The lowest BCUT2D eigenvalue weighted by atomic mass is 9.94. The lowest BCUT2D eigenvalue weighted by Crippen LogP contribution is -2.33. The van der Waals surface area contributed by atoms with Crippen LogP contribution in [0.15, 0.2) is 12.3 Å². The highest BCUT2D eigenvalue weighted by molar-refractivity contribution is 4.91. The topological polar surface area (TPSA) is 61.6 Å². The van der Waals surface area contributed by atoms with E-state index in [2.05, 4.69) is 0 Å². The summed E-state index contributed by atoms with van der Waals surface area (Å²) in [6.45, 7) is 0.435. The van der Waals surface area contributed by atoms with E-state index in [1.807, 2.05) is 0 Å². The van der Waals surface area contributed by atoms with Gasteiger partial charge >= 0.3 is 0 Å². The second-order valence-corrected chi connectivity index (χ2v) is 4.07. The fraction of sp³-hybridized carbons (Fsp3) is 0.800. The van der Waals surface area contributed by atoms with Gasteiger partial charge in [0, 0.05) is 18.9 Å². The highest BCUT2D eigenvalue weighted by Gasteiger charge is 2.41. The van der Waals surface area contributed by atoms with Crippen molar-refractivity contribution in [3.63, 3.8) is 0 Å². The summed E-state index contributed by atoms with van der Waals surface area (Å²) in [6, 6.07) is 0. The molecule has 0 aromatic carbocycles. The number of hydrogen-bond acceptors (Lipinski definition) is 4. The Bertz CT molecular complexity index is 271. The molecule has 0 amide bonds. The van der Waals surface area contributed by atoms with Gasteiger partial charge in [-0.25, -0.2) is 0 Å². The normalized spacial score (nSPS) is 30.0. The highest BCUT2D eigenvalue weighted by Crippen LogP contribution is 2.37. The van der Waals surface area contributed by atoms with Crippen LogP contribution in [0.5, 0.6) is 0 Å². The number of rotatable bonds is 2. The van der Waals surface area contributed by atoms with Gasteiger partial charge in [-0.05, 0) is 12.8 Å². The molecule has 84 valence electrons. The predicted molar refractivity (Wildman–Crippen MR) is 52.8 cm³/mol. The standard InChI is InChI=1S/C10H15NO4/c12-11(13)7-4-9-8-14-10(15-9)5-2-1-3-6-10/h4,7,9H,1-3,5-6,8H2/b7-4+/t9-/m0/s1. The van der Waals surface area contributed by atoms with Crippen molar-refractivity contribution in [2.75, 3.05) is 6.61 Å². The van der Waals surface area contributed by atoms with Gasteiger partial charge in [-0.1, -0.05) is 6.42 Å². The van der Waals surface area contributed by atoms with Gasteiger partial charge in [-0.2, -0.15) is 0 Å². The van der Waals surface area contributed by atoms with Crippen LogP contribution in [0.2, 0.25) is 0 Å². The summed E-state index contributed by atoms with van der Waals surface area (Å²) in [6.07, 6.45) is 7.42. The van der Waals surface area contributed by atoms with Crippen LogP contribution < -0.4 is 0 Å². The zero-order valence-corrected chi connectivity index (χ0v) is 8.55. The molecule has 1 spiro atoms. The minimum absolute atomic E-state index is 0.256. The van der Waals surface area contributed by atoms with Gasteiger partial charge in [0.05, 0.1) is 11.5 Å². The van der Waals surface area contributed by atoms with Crippen molar-refractivity contribution in [2.24, 2.45) is 0 Å². The van der Waals surface area contributed by atoms with E-state index in [1.165, 1.54) is 12.5 Å². The van der Waals surface area contributed by atoms with Gasteiger partial charge in [-0.3, -0.25) is 10.1 Å². The molecule has 0 aromatic rings. The second-order valence-electron chi connectivity index (χ2n) is 4.07. The minimum atomic E-state index is -0.477. The van der Waals surface area contributed by atoms with Crippen molar-refractivity contribution in [1.82, 2.24) is 0 Å². The minimum Gasteiger partial charge on any atom is -0.347 e. The van der Waals surface area contributed by atoms with Crippen molar-refractivity contribution in [3.05, 3.63) is 22.4 Å². The smallest absolute Gasteiger partial charge is 0.233 e. The van der Waals surface area contributed by atoms with E-state index in [4.69, 9.17) is 9.47 Å². The third-order valence-electron chi connectivity index (χ3n) is 2.91. The quantitative estimate of drug-likeness (QED) is 0.518. The molecule has 1 heterocycles. The van der Waals surface area contributed by atoms with E-state index in [1.54, 1.807) is 0 Å². The van der Waals surface area contributed by atoms with Crippen LogP contribution in [-0.2, 0) is 9.47 Å². The first-order valence-corrected chi connectivity index (χ1v) is 5.34. The molecule has 1 aliphatic heterocycles. The van der Waals surface area contributed by atoms with Crippen LogP contribution in [0.3, 0.4) is 0 Å². The van der Waals surface area contributed by atoms with Crippen molar-refractivity contribution in [3.8, 4) is 0 Å². The largest absolute Gasteiger partial charge is 0.347 e. The summed E-state index contributed by atoms with van der Waals surface area (Å²) in [5.74, 6) is -0.441. The SMILES string of the molecule is O=[N+]([O-])/C=C/[C@H]1COC2(CCCCC2)O1. The third kappa shape index (κ3) is 2.54. The molecule has 0 N–H and O–H groups in total. The summed E-state index contributed by atoms with van der Waals surface area (Å²) in [4.78, 5) is 9.67. The molecule has 2 rings (SSSR count). The van der Waals surface area contributed by atoms with Crippen LogP contribution in [0.1, 0.15) is 32.1 Å². The second kappa shape index (κ2) is 4.28. The number of ether oxygens (including phenoxy) is 2. The Morgan fingerprint density at radius 3 is 2.73 bits per heavy atom. The van der Waals surface area contributed by atoms with E-state index >= 15 is 0 Å². The van der Waals surface area contributed by atoms with E-state index in [-0.39, 0.29) is 6.10 Å². The molecule has 15 heavy (non-hydrogen) atoms. The summed E-state index contributed by atoms with van der Waals surface area (Å²) in [5.41, 5.74) is 0. The molecule has 2 aliphatic rings. The van der Waals surface area contributed by atoms with E-state index in [9.17, 15) is 10.1 Å². The van der Waals surface area contributed by atoms with Gasteiger partial charge in [0.1, 0.15) is 6.10 Å². The molecule has 1 aliphatic carbocycles. The molecule has 1 saturated heterocycles. The van der Waals surface area contributed by atoms with Gasteiger partial charge in [0.15, 0.2) is 5.79 Å². The summed E-state index contributed by atoms with van der Waals surface area (Å²) in [7, 11) is 0. The summed E-state index contributed by atoms with van der Waals surface area (Å²) in [5, 5.41) is 10.1. The summed E-state index contributed by atoms with van der Waals surface area (Å²) < 4.78 is 11.4. The zero-order chi connectivity index (χ0) is 10.7. The van der Waals surface area contributed by atoms with Crippen LogP contribution in [-0.4, -0.2) is 23.4 Å². The van der Waals surface area contributed by atoms with Crippen molar-refractivity contribution in [2.45, 2.75) is 44.0 Å². The molecule has 0 radical (unpaired) electrons. The number of hydrogen-bond donors (Lipinski definition) is 0. The summed E-state index contributed by atoms with van der Waals surface area (Å²) >= 11 is 0. The lowest BCUT2D eigenvalue weighted by molar-refractivity contribution is -0.403. The van der Waals surface area contributed by atoms with Crippen LogP contribution >= 0.6 is 0 Å². The predicted octanol–water partition coefficient (Wildman–Crippen LogP) is 1.85. The zero-order valence-electron chi connectivity index (χ0n) is 8.55. The van der Waals surface area contributed by atoms with E-state index in [0.29, 0.717) is 6.61 Å². The first-order chi connectivity index (χ1) is 7.20. The molecule has 0 aromatic heterocycles. The Morgan fingerprint density at radius 2 is 2.07 bits per heavy atom. The number of nitro groups is 1. The monoisotopic (exact) mass is 213 g/mol. The molecule has 5 nitrogen and oxygen atoms in total. The Kier molecular flexibility index (Phi) is 3.02. The average molecular weight is 213 g/mol. The Labute approximate surface area is 88.2 Å². The Hall–Kier alpha value is -0.940. The van der Waals surface area contributed by atoms with Crippen LogP contribution in [0.4, 0.5) is 0 Å². The van der Waals surface area contributed by atoms with Gasteiger partial charge in [0.2, 0.25) is 6.20 Å². The maximum atomic E-state index is 10.1. The first kappa shape index (κ1) is 10.6. The lowest BCUT2D eigenvalue weighted by Gasteiger charge is -2.31. The molecule has 1 saturated carbocycles. The van der Waals surface area contributed by atoms with Crippen molar-refractivity contribution >= 4 is 0 Å². The Morgan fingerprint density at radius 1 is 1.33 bits per heavy atom. The first-order valence-electron chi connectivity index (χ1n) is 5.34. The average Bonchev–Trinajstić information content (AvgIpc) is 2.60. The van der Waals surface area contributed by atoms with Gasteiger partial charge < -0.3 is 9.47 Å². The van der Waals surface area contributed by atoms with E-state index < -0.39 is 10.7 Å². The van der Waals surface area contributed by atoms with Gasteiger partial charge in [0.25, 0.3) is 0 Å².